The van der Waals surface area contributed by atoms with E-state index in [4.69, 9.17) is 5.73 Å². The highest BCUT2D eigenvalue weighted by atomic mass is 15.1. The highest BCUT2D eigenvalue weighted by molar-refractivity contribution is 5.61. The Kier molecular flexibility index (Phi) is 4.49. The van der Waals surface area contributed by atoms with E-state index in [1.165, 1.54) is 16.7 Å². The van der Waals surface area contributed by atoms with Crippen LogP contribution in [0.4, 0.5) is 5.82 Å². The van der Waals surface area contributed by atoms with Crippen LogP contribution >= 0.6 is 0 Å². The van der Waals surface area contributed by atoms with Crippen LogP contribution < -0.4 is 5.73 Å². The first-order chi connectivity index (χ1) is 12.3. The second-order valence-electron chi connectivity index (χ2n) is 6.69. The second-order valence-corrected chi connectivity index (χ2v) is 6.69. The van der Waals surface area contributed by atoms with Crippen molar-refractivity contribution in [2.24, 2.45) is 0 Å². The first kappa shape index (κ1) is 15.9. The molecule has 2 N–H and O–H groups in total. The van der Waals surface area contributed by atoms with Crippen molar-refractivity contribution < 1.29 is 0 Å². The molecule has 0 saturated carbocycles. The molecule has 3 nitrogen and oxygen atoms in total. The topological polar surface area (TPSA) is 42.1 Å². The summed E-state index contributed by atoms with van der Waals surface area (Å²) in [4.78, 5) is 6.93. The first-order valence-corrected chi connectivity index (χ1v) is 8.89. The second kappa shape index (κ2) is 7.08. The molecular formula is C22H23N3. The van der Waals surface area contributed by atoms with Gasteiger partial charge in [0.2, 0.25) is 0 Å². The Labute approximate surface area is 149 Å². The molecule has 1 aliphatic heterocycles. The Balaban J connectivity index is 1.38. The summed E-state index contributed by atoms with van der Waals surface area (Å²) in [6.45, 7) is 3.33. The Bertz CT molecular complexity index is 855. The SMILES string of the molecule is Nc1cccc(-c2ccc(CCN3CCc4ccccc4C3)cc2)n1. The van der Waals surface area contributed by atoms with Crippen LogP contribution in [0.3, 0.4) is 0 Å². The van der Waals surface area contributed by atoms with Gasteiger partial charge in [-0.2, -0.15) is 0 Å². The number of benzene rings is 2. The van der Waals surface area contributed by atoms with Crippen molar-refractivity contribution in [1.82, 2.24) is 9.88 Å². The summed E-state index contributed by atoms with van der Waals surface area (Å²) in [7, 11) is 0. The predicted molar refractivity (Wildman–Crippen MR) is 103 cm³/mol. The van der Waals surface area contributed by atoms with Gasteiger partial charge in [-0.05, 0) is 41.7 Å². The summed E-state index contributed by atoms with van der Waals surface area (Å²) in [6, 6.07) is 23.3. The van der Waals surface area contributed by atoms with Gasteiger partial charge in [-0.1, -0.05) is 54.6 Å². The third-order valence-corrected chi connectivity index (χ3v) is 4.95. The fourth-order valence-electron chi connectivity index (χ4n) is 3.49. The van der Waals surface area contributed by atoms with E-state index in [1.54, 1.807) is 0 Å². The number of aromatic nitrogens is 1. The summed E-state index contributed by atoms with van der Waals surface area (Å²) in [5.41, 5.74) is 12.2. The van der Waals surface area contributed by atoms with Gasteiger partial charge >= 0.3 is 0 Å². The number of anilines is 1. The smallest absolute Gasteiger partial charge is 0.124 e. The molecule has 2 heterocycles. The van der Waals surface area contributed by atoms with Crippen molar-refractivity contribution in [3.63, 3.8) is 0 Å². The summed E-state index contributed by atoms with van der Waals surface area (Å²) >= 11 is 0. The average molecular weight is 329 g/mol. The number of hydrogen-bond donors (Lipinski definition) is 1. The van der Waals surface area contributed by atoms with Crippen molar-refractivity contribution in [3.05, 3.63) is 83.4 Å². The maximum atomic E-state index is 5.77. The molecule has 0 aliphatic carbocycles. The third-order valence-electron chi connectivity index (χ3n) is 4.95. The van der Waals surface area contributed by atoms with Gasteiger partial charge in [0.25, 0.3) is 0 Å². The number of hydrogen-bond acceptors (Lipinski definition) is 3. The van der Waals surface area contributed by atoms with Crippen LogP contribution in [-0.2, 0) is 19.4 Å². The minimum Gasteiger partial charge on any atom is -0.384 e. The van der Waals surface area contributed by atoms with Crippen LogP contribution in [-0.4, -0.2) is 23.0 Å². The van der Waals surface area contributed by atoms with Gasteiger partial charge in [0.15, 0.2) is 0 Å². The summed E-state index contributed by atoms with van der Waals surface area (Å²) < 4.78 is 0. The molecule has 0 amide bonds. The normalized spacial score (nSPS) is 14.2. The van der Waals surface area contributed by atoms with E-state index in [1.807, 2.05) is 18.2 Å². The van der Waals surface area contributed by atoms with E-state index in [-0.39, 0.29) is 0 Å². The molecule has 0 atom stereocenters. The highest BCUT2D eigenvalue weighted by Crippen LogP contribution is 2.21. The standard InChI is InChI=1S/C22H23N3/c23-22-7-3-6-21(24-22)19-10-8-17(9-11-19)12-14-25-15-13-18-4-1-2-5-20(18)16-25/h1-11H,12-16H2,(H2,23,24). The van der Waals surface area contributed by atoms with Crippen LogP contribution in [0, 0.1) is 0 Å². The first-order valence-electron chi connectivity index (χ1n) is 8.89. The molecule has 0 bridgehead atoms. The van der Waals surface area contributed by atoms with Crippen LogP contribution in [0.5, 0.6) is 0 Å². The molecule has 126 valence electrons. The molecule has 4 rings (SSSR count). The molecule has 3 heteroatoms. The van der Waals surface area contributed by atoms with E-state index < -0.39 is 0 Å². The van der Waals surface area contributed by atoms with Crippen molar-refractivity contribution in [2.75, 3.05) is 18.8 Å². The fourth-order valence-corrected chi connectivity index (χ4v) is 3.49. The van der Waals surface area contributed by atoms with Crippen molar-refractivity contribution >= 4 is 5.82 Å². The quantitative estimate of drug-likeness (QED) is 0.788. The maximum Gasteiger partial charge on any atom is 0.124 e. The van der Waals surface area contributed by atoms with Gasteiger partial charge < -0.3 is 5.73 Å². The van der Waals surface area contributed by atoms with Gasteiger partial charge in [-0.15, -0.1) is 0 Å². The molecule has 0 spiro atoms. The molecule has 1 aliphatic rings. The molecule has 0 saturated heterocycles. The summed E-state index contributed by atoms with van der Waals surface area (Å²) in [5, 5.41) is 0. The Morgan fingerprint density at radius 3 is 2.48 bits per heavy atom. The van der Waals surface area contributed by atoms with E-state index in [0.29, 0.717) is 5.82 Å². The minimum atomic E-state index is 0.562. The van der Waals surface area contributed by atoms with E-state index >= 15 is 0 Å². The lowest BCUT2D eigenvalue weighted by Crippen LogP contribution is -2.32. The predicted octanol–water partition coefficient (Wildman–Crippen LogP) is 3.93. The Morgan fingerprint density at radius 2 is 1.68 bits per heavy atom. The zero-order valence-corrected chi connectivity index (χ0v) is 14.4. The lowest BCUT2D eigenvalue weighted by atomic mass is 9.99. The van der Waals surface area contributed by atoms with Crippen LogP contribution in [0.1, 0.15) is 16.7 Å². The Hall–Kier alpha value is -2.65. The van der Waals surface area contributed by atoms with Crippen molar-refractivity contribution in [3.8, 4) is 11.3 Å². The van der Waals surface area contributed by atoms with Gasteiger partial charge in [0, 0.05) is 25.2 Å². The molecule has 0 fully saturated rings. The zero-order valence-electron chi connectivity index (χ0n) is 14.4. The lowest BCUT2D eigenvalue weighted by molar-refractivity contribution is 0.257. The average Bonchev–Trinajstić information content (AvgIpc) is 2.66. The molecule has 2 aromatic carbocycles. The number of fused-ring (bicyclic) bond motifs is 1. The largest absolute Gasteiger partial charge is 0.384 e. The van der Waals surface area contributed by atoms with E-state index in [9.17, 15) is 0 Å². The Morgan fingerprint density at radius 1 is 0.880 bits per heavy atom. The number of nitrogens with zero attached hydrogens (tertiary/aromatic N) is 2. The van der Waals surface area contributed by atoms with Crippen molar-refractivity contribution in [2.45, 2.75) is 19.4 Å². The van der Waals surface area contributed by atoms with Gasteiger partial charge in [-0.25, -0.2) is 4.98 Å². The maximum absolute atomic E-state index is 5.77. The van der Waals surface area contributed by atoms with Crippen LogP contribution in [0.25, 0.3) is 11.3 Å². The number of nitrogens with two attached hydrogens (primary N) is 1. The molecule has 3 aromatic rings. The van der Waals surface area contributed by atoms with Gasteiger partial charge in [-0.3, -0.25) is 4.90 Å². The fraction of sp³-hybridized carbons (Fsp3) is 0.227. The summed E-state index contributed by atoms with van der Waals surface area (Å²) in [5.74, 6) is 0.562. The highest BCUT2D eigenvalue weighted by Gasteiger charge is 2.15. The molecule has 25 heavy (non-hydrogen) atoms. The minimum absolute atomic E-state index is 0.562. The zero-order chi connectivity index (χ0) is 17.1. The molecular weight excluding hydrogens is 306 g/mol. The molecule has 1 aromatic heterocycles. The third kappa shape index (κ3) is 3.72. The van der Waals surface area contributed by atoms with Gasteiger partial charge in [0.1, 0.15) is 5.82 Å². The number of rotatable bonds is 4. The van der Waals surface area contributed by atoms with Crippen LogP contribution in [0.15, 0.2) is 66.7 Å². The molecule has 0 radical (unpaired) electrons. The monoisotopic (exact) mass is 329 g/mol. The summed E-state index contributed by atoms with van der Waals surface area (Å²) in [6.07, 6.45) is 2.24. The van der Waals surface area contributed by atoms with Crippen molar-refractivity contribution in [1.29, 1.82) is 0 Å². The number of nitrogen functional groups attached to an aromatic ring is 1. The van der Waals surface area contributed by atoms with E-state index in [2.05, 4.69) is 58.4 Å². The lowest BCUT2D eigenvalue weighted by Gasteiger charge is -2.28. The number of pyridine rings is 1. The van der Waals surface area contributed by atoms with Crippen LogP contribution in [0.2, 0.25) is 0 Å². The van der Waals surface area contributed by atoms with E-state index in [0.717, 1.165) is 43.7 Å². The van der Waals surface area contributed by atoms with Gasteiger partial charge in [0.05, 0.1) is 5.69 Å². The molecule has 0 unspecified atom stereocenters.